The highest BCUT2D eigenvalue weighted by Crippen LogP contribution is 2.32. The predicted octanol–water partition coefficient (Wildman–Crippen LogP) is 3.36. The van der Waals surface area contributed by atoms with Gasteiger partial charge in [0, 0.05) is 17.1 Å². The number of hydrogen-bond acceptors (Lipinski definition) is 2. The molecule has 0 saturated carbocycles. The molecule has 1 heterocycles. The van der Waals surface area contributed by atoms with Gasteiger partial charge >= 0.3 is 12.1 Å². The number of ether oxygens (including phenoxy) is 1. The van der Waals surface area contributed by atoms with Crippen molar-refractivity contribution >= 4 is 16.9 Å². The number of aromatic amines is 1. The molecule has 0 saturated heterocycles. The Bertz CT molecular complexity index is 587. The average Bonchev–Trinajstić information content (AvgIpc) is 2.70. The van der Waals surface area contributed by atoms with Crippen LogP contribution in [0, 0.1) is 0 Å². The molecule has 0 bridgehead atoms. The Morgan fingerprint density at radius 3 is 2.72 bits per heavy atom. The van der Waals surface area contributed by atoms with Gasteiger partial charge in [-0.2, -0.15) is 13.2 Å². The standard InChI is InChI=1S/C12H10F3NO2/c1-2-18-11(17)9-6-16-10-4-3-7(5-8(9)10)12(13,14)15/h3-6,16H,2H2,1H3. The maximum absolute atomic E-state index is 12.6. The van der Waals surface area contributed by atoms with Gasteiger partial charge in [-0.3, -0.25) is 0 Å². The van der Waals surface area contributed by atoms with Gasteiger partial charge in [0.25, 0.3) is 0 Å². The van der Waals surface area contributed by atoms with E-state index in [1.165, 1.54) is 12.3 Å². The summed E-state index contributed by atoms with van der Waals surface area (Å²) in [5, 5.41) is 0.211. The number of halogens is 3. The minimum absolute atomic E-state index is 0.109. The SMILES string of the molecule is CCOC(=O)c1c[nH]c2ccc(C(F)(F)F)cc12. The van der Waals surface area contributed by atoms with Crippen molar-refractivity contribution in [3.05, 3.63) is 35.5 Å². The van der Waals surface area contributed by atoms with E-state index < -0.39 is 17.7 Å². The summed E-state index contributed by atoms with van der Waals surface area (Å²) in [7, 11) is 0. The second kappa shape index (κ2) is 4.36. The van der Waals surface area contributed by atoms with Gasteiger partial charge < -0.3 is 9.72 Å². The van der Waals surface area contributed by atoms with E-state index in [0.717, 1.165) is 12.1 Å². The Hall–Kier alpha value is -1.98. The molecule has 0 spiro atoms. The summed E-state index contributed by atoms with van der Waals surface area (Å²) < 4.78 is 42.5. The first-order valence-corrected chi connectivity index (χ1v) is 5.29. The second-order valence-electron chi connectivity index (χ2n) is 3.68. The predicted molar refractivity (Wildman–Crippen MR) is 59.3 cm³/mol. The van der Waals surface area contributed by atoms with Crippen molar-refractivity contribution in [2.24, 2.45) is 0 Å². The van der Waals surface area contributed by atoms with Crippen LogP contribution in [0.15, 0.2) is 24.4 Å². The maximum atomic E-state index is 12.6. The van der Waals surface area contributed by atoms with Crippen molar-refractivity contribution in [2.45, 2.75) is 13.1 Å². The minimum Gasteiger partial charge on any atom is -0.462 e. The molecular weight excluding hydrogens is 247 g/mol. The number of fused-ring (bicyclic) bond motifs is 1. The van der Waals surface area contributed by atoms with Crippen molar-refractivity contribution in [1.82, 2.24) is 4.98 Å². The van der Waals surface area contributed by atoms with Gasteiger partial charge in [0.1, 0.15) is 0 Å². The van der Waals surface area contributed by atoms with Crippen LogP contribution in [0.1, 0.15) is 22.8 Å². The van der Waals surface area contributed by atoms with Gasteiger partial charge in [-0.15, -0.1) is 0 Å². The molecule has 0 unspecified atom stereocenters. The molecule has 0 radical (unpaired) electrons. The van der Waals surface area contributed by atoms with Gasteiger partial charge in [0.15, 0.2) is 0 Å². The number of rotatable bonds is 2. The molecule has 0 fully saturated rings. The van der Waals surface area contributed by atoms with Crippen LogP contribution >= 0.6 is 0 Å². The van der Waals surface area contributed by atoms with E-state index in [0.29, 0.717) is 5.52 Å². The monoisotopic (exact) mass is 257 g/mol. The van der Waals surface area contributed by atoms with Crippen LogP contribution in [0.3, 0.4) is 0 Å². The van der Waals surface area contributed by atoms with E-state index >= 15 is 0 Å². The zero-order valence-electron chi connectivity index (χ0n) is 9.47. The van der Waals surface area contributed by atoms with Crippen LogP contribution in [0.4, 0.5) is 13.2 Å². The third kappa shape index (κ3) is 2.18. The Morgan fingerprint density at radius 1 is 1.39 bits per heavy atom. The fourth-order valence-corrected chi connectivity index (χ4v) is 1.67. The molecule has 3 nitrogen and oxygen atoms in total. The number of alkyl halides is 3. The summed E-state index contributed by atoms with van der Waals surface area (Å²) in [4.78, 5) is 14.3. The van der Waals surface area contributed by atoms with Gasteiger partial charge in [-0.05, 0) is 25.1 Å². The number of carbonyl (C=O) groups is 1. The first kappa shape index (κ1) is 12.5. The van der Waals surface area contributed by atoms with E-state index in [-0.39, 0.29) is 17.6 Å². The summed E-state index contributed by atoms with van der Waals surface area (Å²) in [6, 6.07) is 3.20. The summed E-state index contributed by atoms with van der Waals surface area (Å²) in [5.41, 5.74) is -0.218. The molecule has 0 aliphatic rings. The van der Waals surface area contributed by atoms with E-state index in [1.807, 2.05) is 0 Å². The van der Waals surface area contributed by atoms with E-state index in [1.54, 1.807) is 6.92 Å². The lowest BCUT2D eigenvalue weighted by atomic mass is 10.1. The van der Waals surface area contributed by atoms with Crippen LogP contribution in [0.25, 0.3) is 10.9 Å². The van der Waals surface area contributed by atoms with Crippen molar-refractivity contribution in [1.29, 1.82) is 0 Å². The normalized spacial score (nSPS) is 11.8. The second-order valence-corrected chi connectivity index (χ2v) is 3.68. The lowest BCUT2D eigenvalue weighted by Gasteiger charge is -2.06. The molecule has 0 atom stereocenters. The van der Waals surface area contributed by atoms with E-state index in [2.05, 4.69) is 4.98 Å². The summed E-state index contributed by atoms with van der Waals surface area (Å²) >= 11 is 0. The van der Waals surface area contributed by atoms with E-state index in [9.17, 15) is 18.0 Å². The number of carbonyl (C=O) groups excluding carboxylic acids is 1. The van der Waals surface area contributed by atoms with Crippen molar-refractivity contribution in [2.75, 3.05) is 6.61 Å². The number of aromatic nitrogens is 1. The van der Waals surface area contributed by atoms with Crippen molar-refractivity contribution < 1.29 is 22.7 Å². The van der Waals surface area contributed by atoms with Crippen LogP contribution in [-0.4, -0.2) is 17.6 Å². The molecule has 0 aliphatic heterocycles. The maximum Gasteiger partial charge on any atom is 0.416 e. The minimum atomic E-state index is -4.43. The Balaban J connectivity index is 2.53. The number of nitrogens with one attached hydrogen (secondary N) is 1. The highest BCUT2D eigenvalue weighted by Gasteiger charge is 2.31. The van der Waals surface area contributed by atoms with Gasteiger partial charge in [-0.1, -0.05) is 0 Å². The van der Waals surface area contributed by atoms with Gasteiger partial charge in [0.2, 0.25) is 0 Å². The average molecular weight is 257 g/mol. The van der Waals surface area contributed by atoms with Crippen LogP contribution in [0.2, 0.25) is 0 Å². The number of esters is 1. The Morgan fingerprint density at radius 2 is 2.11 bits per heavy atom. The molecule has 0 aliphatic carbocycles. The lowest BCUT2D eigenvalue weighted by molar-refractivity contribution is -0.137. The third-order valence-corrected chi connectivity index (χ3v) is 2.50. The van der Waals surface area contributed by atoms with Crippen LogP contribution in [0.5, 0.6) is 0 Å². The molecule has 2 rings (SSSR count). The summed E-state index contributed by atoms with van der Waals surface area (Å²) in [6.07, 6.45) is -3.08. The summed E-state index contributed by atoms with van der Waals surface area (Å²) in [6.45, 7) is 1.80. The van der Waals surface area contributed by atoms with E-state index in [4.69, 9.17) is 4.74 Å². The molecule has 1 aromatic carbocycles. The summed E-state index contributed by atoms with van der Waals surface area (Å²) in [5.74, 6) is -0.636. The molecule has 18 heavy (non-hydrogen) atoms. The molecule has 1 N–H and O–H groups in total. The van der Waals surface area contributed by atoms with Crippen molar-refractivity contribution in [3.63, 3.8) is 0 Å². The highest BCUT2D eigenvalue weighted by atomic mass is 19.4. The topological polar surface area (TPSA) is 42.1 Å². The fourth-order valence-electron chi connectivity index (χ4n) is 1.67. The smallest absolute Gasteiger partial charge is 0.416 e. The molecule has 1 aromatic heterocycles. The highest BCUT2D eigenvalue weighted by molar-refractivity contribution is 6.04. The van der Waals surface area contributed by atoms with Crippen LogP contribution < -0.4 is 0 Å². The number of benzene rings is 1. The lowest BCUT2D eigenvalue weighted by Crippen LogP contribution is -2.06. The largest absolute Gasteiger partial charge is 0.462 e. The van der Waals surface area contributed by atoms with Gasteiger partial charge in [-0.25, -0.2) is 4.79 Å². The van der Waals surface area contributed by atoms with Crippen molar-refractivity contribution in [3.8, 4) is 0 Å². The first-order valence-electron chi connectivity index (χ1n) is 5.29. The Labute approximate surface area is 101 Å². The molecule has 6 heteroatoms. The molecular formula is C12H10F3NO2. The van der Waals surface area contributed by atoms with Gasteiger partial charge in [0.05, 0.1) is 17.7 Å². The first-order chi connectivity index (χ1) is 8.43. The zero-order valence-corrected chi connectivity index (χ0v) is 9.47. The zero-order chi connectivity index (χ0) is 13.3. The fraction of sp³-hybridized carbons (Fsp3) is 0.250. The molecule has 2 aromatic rings. The number of H-pyrrole nitrogens is 1. The van der Waals surface area contributed by atoms with Crippen LogP contribution in [-0.2, 0) is 10.9 Å². The quantitative estimate of drug-likeness (QED) is 0.838. The third-order valence-electron chi connectivity index (χ3n) is 2.50. The molecule has 0 amide bonds. The Kier molecular flexibility index (Phi) is 3.02. The molecule has 96 valence electrons. The number of hydrogen-bond donors (Lipinski definition) is 1.